The van der Waals surface area contributed by atoms with Gasteiger partial charge in [-0.1, -0.05) is 0 Å². The lowest BCUT2D eigenvalue weighted by atomic mass is 10.3. The van der Waals surface area contributed by atoms with E-state index >= 15 is 0 Å². The van der Waals surface area contributed by atoms with E-state index in [9.17, 15) is 0 Å². The standard InChI is InChI=1S/C12H2Br2S5/c13-5-1-3-7-9(18-11(3)15-5)10-8(17-7)4-2-6(14)16-12(4)19-10/h1-2H. The molecule has 5 aromatic heterocycles. The van der Waals surface area contributed by atoms with E-state index in [1.54, 1.807) is 0 Å². The predicted octanol–water partition coefficient (Wildman–Crippen LogP) is 8.13. The van der Waals surface area contributed by atoms with Crippen molar-refractivity contribution in [1.82, 2.24) is 0 Å². The van der Waals surface area contributed by atoms with Gasteiger partial charge in [0.1, 0.15) is 0 Å². The first kappa shape index (κ1) is 12.1. The van der Waals surface area contributed by atoms with Gasteiger partial charge in [0.15, 0.2) is 0 Å². The maximum atomic E-state index is 3.60. The molecule has 0 aromatic carbocycles. The van der Waals surface area contributed by atoms with Crippen molar-refractivity contribution in [2.24, 2.45) is 0 Å². The minimum Gasteiger partial charge on any atom is -0.132 e. The highest BCUT2D eigenvalue weighted by atomic mass is 79.9. The van der Waals surface area contributed by atoms with Crippen LogP contribution in [0.5, 0.6) is 0 Å². The van der Waals surface area contributed by atoms with E-state index in [1.165, 1.54) is 45.2 Å². The Labute approximate surface area is 144 Å². The van der Waals surface area contributed by atoms with Gasteiger partial charge in [-0.2, -0.15) is 0 Å². The average Bonchev–Trinajstić information content (AvgIpc) is 3.04. The highest BCUT2D eigenvalue weighted by Crippen LogP contribution is 2.53. The van der Waals surface area contributed by atoms with Gasteiger partial charge >= 0.3 is 0 Å². The molecular formula is C12H2Br2S5. The van der Waals surface area contributed by atoms with Crippen molar-refractivity contribution in [3.63, 3.8) is 0 Å². The molecule has 5 rings (SSSR count). The van der Waals surface area contributed by atoms with E-state index in [4.69, 9.17) is 0 Å². The number of rotatable bonds is 0. The third-order valence-corrected chi connectivity index (χ3v) is 10.6. The van der Waals surface area contributed by atoms with Crippen LogP contribution in [-0.2, 0) is 0 Å². The Balaban J connectivity index is 2.04. The first-order chi connectivity index (χ1) is 9.20. The van der Waals surface area contributed by atoms with Crippen LogP contribution in [0, 0.1) is 0 Å². The number of thiophene rings is 5. The Morgan fingerprint density at radius 1 is 0.579 bits per heavy atom. The molecule has 0 atom stereocenters. The van der Waals surface area contributed by atoms with Gasteiger partial charge in [-0.15, -0.1) is 56.7 Å². The number of hydrogen-bond acceptors (Lipinski definition) is 5. The molecule has 0 fully saturated rings. The second-order valence-electron chi connectivity index (χ2n) is 4.13. The van der Waals surface area contributed by atoms with Crippen molar-refractivity contribution in [1.29, 1.82) is 0 Å². The lowest BCUT2D eigenvalue weighted by molar-refractivity contribution is 2.11. The summed E-state index contributed by atoms with van der Waals surface area (Å²) in [5.41, 5.74) is 0. The van der Waals surface area contributed by atoms with Crippen LogP contribution < -0.4 is 0 Å². The monoisotopic (exact) mass is 464 g/mol. The minimum absolute atomic E-state index is 1.23. The fraction of sp³-hybridized carbons (Fsp3) is 0. The summed E-state index contributed by atoms with van der Waals surface area (Å²) in [6.45, 7) is 0. The topological polar surface area (TPSA) is 0 Å². The van der Waals surface area contributed by atoms with E-state index in [-0.39, 0.29) is 0 Å². The van der Waals surface area contributed by atoms with Crippen LogP contribution in [0.1, 0.15) is 0 Å². The molecule has 0 aliphatic heterocycles. The van der Waals surface area contributed by atoms with Gasteiger partial charge in [0.2, 0.25) is 0 Å². The molecule has 0 bridgehead atoms. The smallest absolute Gasteiger partial charge is 0.0898 e. The average molecular weight is 466 g/mol. The third kappa shape index (κ3) is 1.58. The minimum atomic E-state index is 1.23. The lowest BCUT2D eigenvalue weighted by Crippen LogP contribution is -1.47. The third-order valence-electron chi connectivity index (χ3n) is 3.04. The summed E-state index contributed by atoms with van der Waals surface area (Å²) in [6.07, 6.45) is 0. The molecule has 0 saturated carbocycles. The summed E-state index contributed by atoms with van der Waals surface area (Å²) in [4.78, 5) is 0. The van der Waals surface area contributed by atoms with Gasteiger partial charge < -0.3 is 0 Å². The molecule has 5 heterocycles. The fourth-order valence-electron chi connectivity index (χ4n) is 2.29. The highest BCUT2D eigenvalue weighted by Gasteiger charge is 2.18. The lowest BCUT2D eigenvalue weighted by Gasteiger charge is -1.77. The van der Waals surface area contributed by atoms with Crippen LogP contribution in [0.25, 0.3) is 37.6 Å². The molecule has 0 amide bonds. The molecule has 0 N–H and O–H groups in total. The maximum Gasteiger partial charge on any atom is 0.0898 e. The SMILES string of the molecule is Brc1cc2c(s1)sc1c2sc2c3cc(Br)sc3sc21. The molecule has 0 radical (unpaired) electrons. The van der Waals surface area contributed by atoms with Crippen LogP contribution >= 0.6 is 88.5 Å². The Kier molecular flexibility index (Phi) is 2.56. The zero-order chi connectivity index (χ0) is 12.7. The molecule has 0 unspecified atom stereocenters. The van der Waals surface area contributed by atoms with Crippen LogP contribution in [-0.4, -0.2) is 0 Å². The van der Waals surface area contributed by atoms with Gasteiger partial charge in [0.05, 0.1) is 34.4 Å². The summed E-state index contributed by atoms with van der Waals surface area (Å²) >= 11 is 16.7. The molecule has 0 saturated heterocycles. The maximum absolute atomic E-state index is 3.60. The summed E-state index contributed by atoms with van der Waals surface area (Å²) in [6, 6.07) is 4.53. The highest BCUT2D eigenvalue weighted by molar-refractivity contribution is 9.11. The van der Waals surface area contributed by atoms with Crippen LogP contribution in [0.4, 0.5) is 0 Å². The van der Waals surface area contributed by atoms with E-state index in [2.05, 4.69) is 44.0 Å². The van der Waals surface area contributed by atoms with Crippen molar-refractivity contribution >= 4 is 126 Å². The molecule has 0 nitrogen and oxygen atoms in total. The zero-order valence-corrected chi connectivity index (χ0v) is 16.2. The summed E-state index contributed by atoms with van der Waals surface area (Å²) < 4.78 is 11.2. The van der Waals surface area contributed by atoms with E-state index in [0.717, 1.165) is 0 Å². The second-order valence-corrected chi connectivity index (χ2v) is 12.6. The Morgan fingerprint density at radius 2 is 1.05 bits per heavy atom. The van der Waals surface area contributed by atoms with E-state index in [1.807, 2.05) is 56.7 Å². The zero-order valence-electron chi connectivity index (χ0n) is 8.95. The summed E-state index contributed by atoms with van der Waals surface area (Å²) in [5.74, 6) is 0. The molecule has 94 valence electrons. The number of fused-ring (bicyclic) bond motifs is 7. The largest absolute Gasteiger partial charge is 0.132 e. The van der Waals surface area contributed by atoms with Gasteiger partial charge in [0.25, 0.3) is 0 Å². The summed E-state index contributed by atoms with van der Waals surface area (Å²) in [7, 11) is 0. The predicted molar refractivity (Wildman–Crippen MR) is 101 cm³/mol. The molecular weight excluding hydrogens is 464 g/mol. The normalized spacial score (nSPS) is 12.7. The van der Waals surface area contributed by atoms with Crippen LogP contribution in [0.3, 0.4) is 0 Å². The fourth-order valence-corrected chi connectivity index (χ4v) is 11.0. The van der Waals surface area contributed by atoms with E-state index in [0.29, 0.717) is 0 Å². The van der Waals surface area contributed by atoms with Crippen molar-refractivity contribution < 1.29 is 0 Å². The van der Waals surface area contributed by atoms with Gasteiger partial charge in [-0.3, -0.25) is 0 Å². The molecule has 0 aliphatic carbocycles. The second kappa shape index (κ2) is 4.03. The van der Waals surface area contributed by atoms with Crippen molar-refractivity contribution in [2.45, 2.75) is 0 Å². The molecule has 0 aliphatic rings. The van der Waals surface area contributed by atoms with Crippen LogP contribution in [0.15, 0.2) is 19.7 Å². The van der Waals surface area contributed by atoms with Gasteiger partial charge in [-0.25, -0.2) is 0 Å². The summed E-state index contributed by atoms with van der Waals surface area (Å²) in [5, 5.41) is 2.85. The molecule has 19 heavy (non-hydrogen) atoms. The van der Waals surface area contributed by atoms with Crippen LogP contribution in [0.2, 0.25) is 0 Å². The first-order valence-electron chi connectivity index (χ1n) is 5.32. The Hall–Kier alpha value is 0.500. The van der Waals surface area contributed by atoms with Gasteiger partial charge in [-0.05, 0) is 44.0 Å². The Bertz CT molecular complexity index is 998. The number of hydrogen-bond donors (Lipinski definition) is 0. The van der Waals surface area contributed by atoms with Crippen molar-refractivity contribution in [3.8, 4) is 0 Å². The van der Waals surface area contributed by atoms with Crippen molar-refractivity contribution in [2.75, 3.05) is 0 Å². The first-order valence-corrected chi connectivity index (χ1v) is 11.0. The van der Waals surface area contributed by atoms with E-state index < -0.39 is 0 Å². The Morgan fingerprint density at radius 3 is 1.53 bits per heavy atom. The number of halogens is 2. The molecule has 5 aromatic rings. The molecule has 0 spiro atoms. The van der Waals surface area contributed by atoms with Crippen molar-refractivity contribution in [3.05, 3.63) is 19.7 Å². The quantitative estimate of drug-likeness (QED) is 0.216. The molecule has 7 heteroatoms. The van der Waals surface area contributed by atoms with Gasteiger partial charge in [0, 0.05) is 10.8 Å².